The summed E-state index contributed by atoms with van der Waals surface area (Å²) in [5.74, 6) is 0.0880. The predicted molar refractivity (Wildman–Crippen MR) is 69.8 cm³/mol. The van der Waals surface area contributed by atoms with Gasteiger partial charge in [-0.15, -0.1) is 0 Å². The summed E-state index contributed by atoms with van der Waals surface area (Å²) in [7, 11) is 0. The lowest BCUT2D eigenvalue weighted by Crippen LogP contribution is -2.14. The van der Waals surface area contributed by atoms with E-state index in [9.17, 15) is 0 Å². The van der Waals surface area contributed by atoms with Gasteiger partial charge in [-0.05, 0) is 18.6 Å². The smallest absolute Gasteiger partial charge is 0.171 e. The molecule has 0 aliphatic rings. The molecular weight excluding hydrogens is 248 g/mol. The van der Waals surface area contributed by atoms with Gasteiger partial charge < -0.3 is 10.9 Å². The van der Waals surface area contributed by atoms with Crippen LogP contribution >= 0.6 is 11.8 Å². The number of hydrogen-bond donors (Lipinski definition) is 2. The first-order valence-corrected chi connectivity index (χ1v) is 6.05. The van der Waals surface area contributed by atoms with Crippen LogP contribution in [0.25, 0.3) is 0 Å². The molecule has 1 heterocycles. The van der Waals surface area contributed by atoms with E-state index in [1.807, 2.05) is 19.1 Å². The monoisotopic (exact) mass is 260 g/mol. The second-order valence-electron chi connectivity index (χ2n) is 3.58. The molecule has 0 aliphatic heterocycles. The van der Waals surface area contributed by atoms with Crippen molar-refractivity contribution in [3.05, 3.63) is 47.9 Å². The maximum Gasteiger partial charge on any atom is 0.171 e. The van der Waals surface area contributed by atoms with Crippen molar-refractivity contribution in [3.63, 3.8) is 0 Å². The molecule has 92 valence electrons. The first-order valence-electron chi connectivity index (χ1n) is 5.23. The van der Waals surface area contributed by atoms with Gasteiger partial charge in [-0.25, -0.2) is 4.98 Å². The third-order valence-electron chi connectivity index (χ3n) is 2.34. The van der Waals surface area contributed by atoms with E-state index in [1.165, 1.54) is 11.8 Å². The number of rotatable bonds is 3. The lowest BCUT2D eigenvalue weighted by molar-refractivity contribution is 0.318. The van der Waals surface area contributed by atoms with Crippen molar-refractivity contribution >= 4 is 17.6 Å². The fraction of sp³-hybridized carbons (Fsp3) is 0.0833. The van der Waals surface area contributed by atoms with Gasteiger partial charge in [0.25, 0.3) is 0 Å². The Morgan fingerprint density at radius 3 is 2.89 bits per heavy atom. The third kappa shape index (κ3) is 2.60. The lowest BCUT2D eigenvalue weighted by Gasteiger charge is -2.10. The van der Waals surface area contributed by atoms with E-state index in [0.29, 0.717) is 5.56 Å². The highest BCUT2D eigenvalue weighted by atomic mass is 32.2. The molecule has 0 saturated heterocycles. The Balaban J connectivity index is 2.44. The molecule has 0 fully saturated rings. The van der Waals surface area contributed by atoms with E-state index in [4.69, 9.17) is 10.9 Å². The van der Waals surface area contributed by atoms with Crippen LogP contribution in [0.2, 0.25) is 0 Å². The Hall–Kier alpha value is -2.08. The summed E-state index contributed by atoms with van der Waals surface area (Å²) in [6.45, 7) is 1.97. The van der Waals surface area contributed by atoms with Gasteiger partial charge in [-0.1, -0.05) is 29.1 Å². The van der Waals surface area contributed by atoms with Crippen molar-refractivity contribution in [2.24, 2.45) is 10.9 Å². The molecule has 3 N–H and O–H groups in total. The van der Waals surface area contributed by atoms with Gasteiger partial charge in [0, 0.05) is 22.9 Å². The van der Waals surface area contributed by atoms with Crippen LogP contribution in [0.5, 0.6) is 0 Å². The summed E-state index contributed by atoms with van der Waals surface area (Å²) in [5.41, 5.74) is 7.39. The average molecular weight is 260 g/mol. The van der Waals surface area contributed by atoms with Crippen molar-refractivity contribution in [2.45, 2.75) is 16.8 Å². The summed E-state index contributed by atoms with van der Waals surface area (Å²) in [5, 5.41) is 12.6. The molecule has 18 heavy (non-hydrogen) atoms. The zero-order valence-corrected chi connectivity index (χ0v) is 10.6. The van der Waals surface area contributed by atoms with Gasteiger partial charge in [-0.3, -0.25) is 4.98 Å². The number of aromatic nitrogens is 2. The van der Waals surface area contributed by atoms with Crippen LogP contribution in [0.1, 0.15) is 11.1 Å². The van der Waals surface area contributed by atoms with E-state index in [-0.39, 0.29) is 5.84 Å². The fourth-order valence-corrected chi connectivity index (χ4v) is 2.43. The second-order valence-corrected chi connectivity index (χ2v) is 4.61. The SMILES string of the molecule is Cc1cccc(/C(N)=N/O)c1Sc1cnccn1. The molecule has 1 aromatic carbocycles. The van der Waals surface area contributed by atoms with Gasteiger partial charge in [0.15, 0.2) is 5.84 Å². The summed E-state index contributed by atoms with van der Waals surface area (Å²) < 4.78 is 0. The third-order valence-corrected chi connectivity index (χ3v) is 3.51. The Kier molecular flexibility index (Phi) is 3.78. The molecule has 0 radical (unpaired) electrons. The first-order chi connectivity index (χ1) is 8.72. The topological polar surface area (TPSA) is 84.4 Å². The molecule has 0 atom stereocenters. The van der Waals surface area contributed by atoms with Crippen molar-refractivity contribution in [3.8, 4) is 0 Å². The predicted octanol–water partition coefficient (Wildman–Crippen LogP) is 2.03. The van der Waals surface area contributed by atoms with Crippen LogP contribution in [0, 0.1) is 6.92 Å². The zero-order valence-electron chi connectivity index (χ0n) is 9.74. The van der Waals surface area contributed by atoms with E-state index in [0.717, 1.165) is 15.5 Å². The number of hydrogen-bond acceptors (Lipinski definition) is 5. The summed E-state index contributed by atoms with van der Waals surface area (Å²) in [6.07, 6.45) is 4.92. The molecule has 2 rings (SSSR count). The van der Waals surface area contributed by atoms with E-state index < -0.39 is 0 Å². The highest BCUT2D eigenvalue weighted by Gasteiger charge is 2.11. The number of oxime groups is 1. The molecule has 0 bridgehead atoms. The van der Waals surface area contributed by atoms with Crippen molar-refractivity contribution in [2.75, 3.05) is 0 Å². The minimum Gasteiger partial charge on any atom is -0.409 e. The van der Waals surface area contributed by atoms with Crippen molar-refractivity contribution in [1.29, 1.82) is 0 Å². The average Bonchev–Trinajstić information content (AvgIpc) is 2.41. The van der Waals surface area contributed by atoms with Crippen molar-refractivity contribution < 1.29 is 5.21 Å². The van der Waals surface area contributed by atoms with Gasteiger partial charge in [-0.2, -0.15) is 0 Å². The van der Waals surface area contributed by atoms with Crippen LogP contribution in [0.15, 0.2) is 51.9 Å². The number of aryl methyl sites for hydroxylation is 1. The van der Waals surface area contributed by atoms with Gasteiger partial charge in [0.2, 0.25) is 0 Å². The first kappa shape index (κ1) is 12.4. The lowest BCUT2D eigenvalue weighted by atomic mass is 10.1. The second kappa shape index (κ2) is 5.50. The molecule has 0 amide bonds. The van der Waals surface area contributed by atoms with E-state index in [1.54, 1.807) is 24.7 Å². The number of amidine groups is 1. The van der Waals surface area contributed by atoms with Crippen LogP contribution < -0.4 is 5.73 Å². The number of benzene rings is 1. The fourth-order valence-electron chi connectivity index (χ4n) is 1.49. The largest absolute Gasteiger partial charge is 0.409 e. The summed E-state index contributed by atoms with van der Waals surface area (Å²) >= 11 is 1.44. The van der Waals surface area contributed by atoms with E-state index >= 15 is 0 Å². The Bertz CT molecular complexity index is 572. The highest BCUT2D eigenvalue weighted by molar-refractivity contribution is 7.99. The minimum atomic E-state index is 0.0880. The summed E-state index contributed by atoms with van der Waals surface area (Å²) in [4.78, 5) is 9.12. The van der Waals surface area contributed by atoms with Gasteiger partial charge in [0.1, 0.15) is 5.03 Å². The molecule has 0 saturated carbocycles. The number of nitrogens with two attached hydrogens (primary N) is 1. The zero-order chi connectivity index (χ0) is 13.0. The molecule has 1 aromatic heterocycles. The Labute approximate surface area is 109 Å². The van der Waals surface area contributed by atoms with Crippen LogP contribution in [0.3, 0.4) is 0 Å². The van der Waals surface area contributed by atoms with Crippen LogP contribution in [0.4, 0.5) is 0 Å². The van der Waals surface area contributed by atoms with Crippen LogP contribution in [-0.4, -0.2) is 21.0 Å². The molecular formula is C12H12N4OS. The maximum atomic E-state index is 8.80. The molecule has 2 aromatic rings. The standard InChI is InChI=1S/C12H12N4OS/c1-8-3-2-4-9(12(13)16-17)11(8)18-10-7-14-5-6-15-10/h2-7,17H,1H3,(H2,13,16). The number of nitrogens with zero attached hydrogens (tertiary/aromatic N) is 3. The van der Waals surface area contributed by atoms with Crippen molar-refractivity contribution in [1.82, 2.24) is 9.97 Å². The molecule has 6 heteroatoms. The maximum absolute atomic E-state index is 8.80. The Morgan fingerprint density at radius 2 is 2.22 bits per heavy atom. The van der Waals surface area contributed by atoms with Gasteiger partial charge in [0.05, 0.1) is 6.20 Å². The molecule has 0 spiro atoms. The molecule has 0 unspecified atom stereocenters. The Morgan fingerprint density at radius 1 is 1.39 bits per heavy atom. The quantitative estimate of drug-likeness (QED) is 0.382. The molecule has 5 nitrogen and oxygen atoms in total. The van der Waals surface area contributed by atoms with E-state index in [2.05, 4.69) is 15.1 Å². The van der Waals surface area contributed by atoms with Gasteiger partial charge >= 0.3 is 0 Å². The normalized spacial score (nSPS) is 11.5. The minimum absolute atomic E-state index is 0.0880. The highest BCUT2D eigenvalue weighted by Crippen LogP contribution is 2.31. The molecule has 0 aliphatic carbocycles. The summed E-state index contributed by atoms with van der Waals surface area (Å²) in [6, 6.07) is 5.64. The van der Waals surface area contributed by atoms with Crippen LogP contribution in [-0.2, 0) is 0 Å².